The molecule has 0 saturated heterocycles. The van der Waals surface area contributed by atoms with E-state index in [-0.39, 0.29) is 5.54 Å². The summed E-state index contributed by atoms with van der Waals surface area (Å²) >= 11 is 0. The van der Waals surface area contributed by atoms with Crippen LogP contribution < -0.4 is 5.73 Å². The Kier molecular flexibility index (Phi) is 3.15. The van der Waals surface area contributed by atoms with Crippen molar-refractivity contribution in [2.75, 3.05) is 0 Å². The smallest absolute Gasteiger partial charge is 0.105 e. The van der Waals surface area contributed by atoms with Crippen molar-refractivity contribution in [3.63, 3.8) is 0 Å². The second-order valence-corrected chi connectivity index (χ2v) is 4.97. The summed E-state index contributed by atoms with van der Waals surface area (Å²) in [6.45, 7) is 2.28. The van der Waals surface area contributed by atoms with Crippen LogP contribution in [0.5, 0.6) is 0 Å². The van der Waals surface area contributed by atoms with Crippen molar-refractivity contribution in [1.82, 2.24) is 0 Å². The molecule has 1 heterocycles. The molecule has 2 nitrogen and oxygen atoms in total. The van der Waals surface area contributed by atoms with Crippen LogP contribution in [0.2, 0.25) is 0 Å². The van der Waals surface area contributed by atoms with E-state index in [4.69, 9.17) is 10.2 Å². The summed E-state index contributed by atoms with van der Waals surface area (Å²) in [4.78, 5) is 0. The third-order valence-corrected chi connectivity index (χ3v) is 3.78. The van der Waals surface area contributed by atoms with E-state index in [2.05, 4.69) is 6.92 Å². The number of furan rings is 1. The van der Waals surface area contributed by atoms with E-state index in [1.54, 1.807) is 6.26 Å². The van der Waals surface area contributed by atoms with Gasteiger partial charge in [-0.2, -0.15) is 0 Å². The van der Waals surface area contributed by atoms with Gasteiger partial charge in [-0.1, -0.05) is 13.3 Å². The third kappa shape index (κ3) is 2.63. The predicted octanol–water partition coefficient (Wildman–Crippen LogP) is 3.12. The number of hydrogen-bond acceptors (Lipinski definition) is 2. The zero-order valence-electron chi connectivity index (χ0n) is 9.54. The van der Waals surface area contributed by atoms with Crippen LogP contribution in [0, 0.1) is 5.92 Å². The van der Waals surface area contributed by atoms with Gasteiger partial charge in [-0.05, 0) is 43.7 Å². The Labute approximate surface area is 91.8 Å². The maximum Gasteiger partial charge on any atom is 0.105 e. The molecule has 0 unspecified atom stereocenters. The van der Waals surface area contributed by atoms with Crippen molar-refractivity contribution in [3.05, 3.63) is 24.2 Å². The minimum Gasteiger partial charge on any atom is -0.469 e. The predicted molar refractivity (Wildman–Crippen MR) is 61.6 cm³/mol. The molecule has 0 aromatic carbocycles. The molecule has 84 valence electrons. The van der Waals surface area contributed by atoms with Crippen LogP contribution in [0.15, 0.2) is 22.8 Å². The first-order valence-electron chi connectivity index (χ1n) is 6.03. The van der Waals surface area contributed by atoms with E-state index in [0.717, 1.165) is 30.9 Å². The molecular formula is C13H21NO. The van der Waals surface area contributed by atoms with Gasteiger partial charge in [0.1, 0.15) is 5.76 Å². The standard InChI is InChI=1S/C13H21NO/c1-2-11-5-7-13(14,8-6-11)10-12-4-3-9-15-12/h3-4,9,11H,2,5-8,10,14H2,1H3. The van der Waals surface area contributed by atoms with Crippen LogP contribution in [-0.4, -0.2) is 5.54 Å². The Balaban J connectivity index is 1.92. The highest BCUT2D eigenvalue weighted by molar-refractivity contribution is 5.05. The zero-order chi connectivity index (χ0) is 10.7. The Hall–Kier alpha value is -0.760. The Bertz CT molecular complexity index is 283. The van der Waals surface area contributed by atoms with Gasteiger partial charge in [0.2, 0.25) is 0 Å². The van der Waals surface area contributed by atoms with Crippen LogP contribution in [0.4, 0.5) is 0 Å². The first-order valence-corrected chi connectivity index (χ1v) is 6.03. The molecule has 0 aliphatic heterocycles. The molecule has 0 atom stereocenters. The van der Waals surface area contributed by atoms with Crippen LogP contribution >= 0.6 is 0 Å². The van der Waals surface area contributed by atoms with Crippen molar-refractivity contribution in [2.24, 2.45) is 11.7 Å². The second-order valence-electron chi connectivity index (χ2n) is 4.97. The topological polar surface area (TPSA) is 39.2 Å². The zero-order valence-corrected chi connectivity index (χ0v) is 9.54. The van der Waals surface area contributed by atoms with E-state index in [0.29, 0.717) is 0 Å². The van der Waals surface area contributed by atoms with Crippen molar-refractivity contribution >= 4 is 0 Å². The maximum atomic E-state index is 6.41. The van der Waals surface area contributed by atoms with E-state index in [1.807, 2.05) is 12.1 Å². The largest absolute Gasteiger partial charge is 0.469 e. The summed E-state index contributed by atoms with van der Waals surface area (Å²) < 4.78 is 5.37. The van der Waals surface area contributed by atoms with Gasteiger partial charge in [-0.25, -0.2) is 0 Å². The van der Waals surface area contributed by atoms with Crippen molar-refractivity contribution < 1.29 is 4.42 Å². The monoisotopic (exact) mass is 207 g/mol. The van der Waals surface area contributed by atoms with E-state index in [9.17, 15) is 0 Å². The second kappa shape index (κ2) is 4.40. The van der Waals surface area contributed by atoms with Gasteiger partial charge in [0.25, 0.3) is 0 Å². The van der Waals surface area contributed by atoms with Crippen molar-refractivity contribution in [1.29, 1.82) is 0 Å². The molecule has 0 bridgehead atoms. The van der Waals surface area contributed by atoms with Crippen LogP contribution in [0.1, 0.15) is 44.8 Å². The fourth-order valence-corrected chi connectivity index (χ4v) is 2.60. The number of hydrogen-bond donors (Lipinski definition) is 1. The molecule has 15 heavy (non-hydrogen) atoms. The van der Waals surface area contributed by atoms with Gasteiger partial charge >= 0.3 is 0 Å². The van der Waals surface area contributed by atoms with Gasteiger partial charge in [-0.3, -0.25) is 0 Å². The molecule has 2 N–H and O–H groups in total. The SMILES string of the molecule is CCC1CCC(N)(Cc2ccco2)CC1. The molecule has 2 heteroatoms. The molecule has 0 radical (unpaired) electrons. The first kappa shape index (κ1) is 10.7. The fraction of sp³-hybridized carbons (Fsp3) is 0.692. The molecule has 0 amide bonds. The molecule has 1 aromatic heterocycles. The van der Waals surface area contributed by atoms with Crippen LogP contribution in [-0.2, 0) is 6.42 Å². The minimum absolute atomic E-state index is 0.0104. The summed E-state index contributed by atoms with van der Waals surface area (Å²) in [5.74, 6) is 1.94. The van der Waals surface area contributed by atoms with E-state index in [1.165, 1.54) is 19.3 Å². The number of rotatable bonds is 3. The highest BCUT2D eigenvalue weighted by Gasteiger charge is 2.31. The quantitative estimate of drug-likeness (QED) is 0.827. The molecule has 0 spiro atoms. The molecule has 1 aromatic rings. The highest BCUT2D eigenvalue weighted by Crippen LogP contribution is 2.34. The average molecular weight is 207 g/mol. The normalized spacial score (nSPS) is 31.7. The van der Waals surface area contributed by atoms with Crippen molar-refractivity contribution in [2.45, 2.75) is 51.0 Å². The van der Waals surface area contributed by atoms with E-state index < -0.39 is 0 Å². The lowest BCUT2D eigenvalue weighted by atomic mass is 9.74. The van der Waals surface area contributed by atoms with Crippen molar-refractivity contribution in [3.8, 4) is 0 Å². The minimum atomic E-state index is -0.0104. The highest BCUT2D eigenvalue weighted by atomic mass is 16.3. The Morgan fingerprint density at radius 1 is 1.47 bits per heavy atom. The molecule has 1 aliphatic rings. The molecule has 1 aliphatic carbocycles. The molecule has 1 fully saturated rings. The maximum absolute atomic E-state index is 6.41. The molecule has 2 rings (SSSR count). The van der Waals surface area contributed by atoms with Gasteiger partial charge in [0.05, 0.1) is 6.26 Å². The lowest BCUT2D eigenvalue weighted by Crippen LogP contribution is -2.45. The van der Waals surface area contributed by atoms with Gasteiger partial charge in [0.15, 0.2) is 0 Å². The van der Waals surface area contributed by atoms with Gasteiger partial charge in [-0.15, -0.1) is 0 Å². The summed E-state index contributed by atoms with van der Waals surface area (Å²) in [5, 5.41) is 0. The summed E-state index contributed by atoms with van der Waals surface area (Å²) in [6, 6.07) is 3.97. The van der Waals surface area contributed by atoms with E-state index >= 15 is 0 Å². The molecular weight excluding hydrogens is 186 g/mol. The average Bonchev–Trinajstić information content (AvgIpc) is 2.71. The fourth-order valence-electron chi connectivity index (χ4n) is 2.60. The van der Waals surface area contributed by atoms with Gasteiger partial charge < -0.3 is 10.2 Å². The summed E-state index contributed by atoms with van der Waals surface area (Å²) in [7, 11) is 0. The Morgan fingerprint density at radius 3 is 2.73 bits per heavy atom. The Morgan fingerprint density at radius 2 is 2.20 bits per heavy atom. The van der Waals surface area contributed by atoms with Gasteiger partial charge in [0, 0.05) is 12.0 Å². The molecule has 1 saturated carbocycles. The summed E-state index contributed by atoms with van der Waals surface area (Å²) in [5.41, 5.74) is 6.40. The lowest BCUT2D eigenvalue weighted by molar-refractivity contribution is 0.219. The number of nitrogens with two attached hydrogens (primary N) is 1. The lowest BCUT2D eigenvalue weighted by Gasteiger charge is -2.36. The summed E-state index contributed by atoms with van der Waals surface area (Å²) in [6.07, 6.45) is 8.80. The van der Waals surface area contributed by atoms with Crippen LogP contribution in [0.3, 0.4) is 0 Å². The first-order chi connectivity index (χ1) is 7.22. The van der Waals surface area contributed by atoms with Crippen LogP contribution in [0.25, 0.3) is 0 Å². The third-order valence-electron chi connectivity index (χ3n) is 3.78.